The molecule has 1 aromatic heterocycles. The van der Waals surface area contributed by atoms with Crippen molar-refractivity contribution in [1.29, 1.82) is 0 Å². The van der Waals surface area contributed by atoms with E-state index >= 15 is 0 Å². The second-order valence-electron chi connectivity index (χ2n) is 8.20. The van der Waals surface area contributed by atoms with Gasteiger partial charge in [-0.05, 0) is 44.0 Å². The Bertz CT molecular complexity index is 791. The molecule has 6 heteroatoms. The molecule has 0 radical (unpaired) electrons. The summed E-state index contributed by atoms with van der Waals surface area (Å²) in [6.45, 7) is 13.0. The highest BCUT2D eigenvalue weighted by atomic mass is 15.3. The fourth-order valence-corrected chi connectivity index (χ4v) is 3.51. The Balaban J connectivity index is 1.54. The molecule has 6 nitrogen and oxygen atoms in total. The molecule has 1 unspecified atom stereocenters. The lowest BCUT2D eigenvalue weighted by molar-refractivity contribution is 0.312. The maximum absolute atomic E-state index is 4.75. The molecule has 1 aliphatic heterocycles. The molecule has 0 aliphatic carbocycles. The van der Waals surface area contributed by atoms with Crippen LogP contribution in [0.1, 0.15) is 36.5 Å². The predicted molar refractivity (Wildman–Crippen MR) is 126 cm³/mol. The fourth-order valence-electron chi connectivity index (χ4n) is 3.51. The molecule has 162 valence electrons. The first-order valence-corrected chi connectivity index (χ1v) is 11.0. The zero-order valence-electron chi connectivity index (χ0n) is 18.9. The highest BCUT2D eigenvalue weighted by Gasteiger charge is 2.15. The summed E-state index contributed by atoms with van der Waals surface area (Å²) in [4.78, 5) is 14.1. The van der Waals surface area contributed by atoms with Gasteiger partial charge in [-0.2, -0.15) is 0 Å². The van der Waals surface area contributed by atoms with Crippen molar-refractivity contribution in [3.8, 4) is 0 Å². The SMILES string of the molecule is CCNC(=NCc1ccc(N2CCN(C)CC2)nc1)NCC(C)c1ccc(C)cc1. The number of nitrogens with zero attached hydrogens (tertiary/aromatic N) is 4. The second kappa shape index (κ2) is 11.0. The summed E-state index contributed by atoms with van der Waals surface area (Å²) in [5.74, 6) is 2.33. The molecule has 0 saturated carbocycles. The normalized spacial score (nSPS) is 16.4. The number of pyridine rings is 1. The molecule has 1 fully saturated rings. The van der Waals surface area contributed by atoms with Gasteiger partial charge in [0.1, 0.15) is 5.82 Å². The number of guanidine groups is 1. The molecule has 0 spiro atoms. The molecule has 0 bridgehead atoms. The number of benzene rings is 1. The highest BCUT2D eigenvalue weighted by Crippen LogP contribution is 2.15. The summed E-state index contributed by atoms with van der Waals surface area (Å²) in [6.07, 6.45) is 1.95. The quantitative estimate of drug-likeness (QED) is 0.545. The van der Waals surface area contributed by atoms with Gasteiger partial charge in [0.2, 0.25) is 0 Å². The van der Waals surface area contributed by atoms with Crippen molar-refractivity contribution < 1.29 is 0 Å². The van der Waals surface area contributed by atoms with Gasteiger partial charge in [0.25, 0.3) is 0 Å². The van der Waals surface area contributed by atoms with Crippen LogP contribution in [-0.2, 0) is 6.54 Å². The predicted octanol–water partition coefficient (Wildman–Crippen LogP) is 3.00. The Morgan fingerprint density at radius 3 is 2.43 bits per heavy atom. The molecule has 1 aliphatic rings. The standard InChI is InChI=1S/C24H36N6/c1-5-25-24(27-16-20(3)22-9-6-19(2)7-10-22)28-18-21-8-11-23(26-17-21)30-14-12-29(4)13-15-30/h6-11,17,20H,5,12-16,18H2,1-4H3,(H2,25,27,28). The smallest absolute Gasteiger partial charge is 0.191 e. The summed E-state index contributed by atoms with van der Waals surface area (Å²) in [5, 5.41) is 6.82. The summed E-state index contributed by atoms with van der Waals surface area (Å²) >= 11 is 0. The Morgan fingerprint density at radius 2 is 1.80 bits per heavy atom. The molecule has 2 aromatic rings. The third kappa shape index (κ3) is 6.46. The van der Waals surface area contributed by atoms with Gasteiger partial charge in [0.15, 0.2) is 5.96 Å². The van der Waals surface area contributed by atoms with E-state index in [1.807, 2.05) is 6.20 Å². The lowest BCUT2D eigenvalue weighted by atomic mass is 10.0. The van der Waals surface area contributed by atoms with E-state index in [4.69, 9.17) is 4.99 Å². The molecule has 2 heterocycles. The Morgan fingerprint density at radius 1 is 1.07 bits per heavy atom. The second-order valence-corrected chi connectivity index (χ2v) is 8.20. The Labute approximate surface area is 181 Å². The number of likely N-dealkylation sites (N-methyl/N-ethyl adjacent to an activating group) is 1. The van der Waals surface area contributed by atoms with Crippen LogP contribution >= 0.6 is 0 Å². The minimum Gasteiger partial charge on any atom is -0.357 e. The molecular formula is C24H36N6. The van der Waals surface area contributed by atoms with E-state index in [2.05, 4.69) is 89.6 Å². The van der Waals surface area contributed by atoms with Gasteiger partial charge in [0.05, 0.1) is 6.54 Å². The van der Waals surface area contributed by atoms with Gasteiger partial charge in [0, 0.05) is 45.5 Å². The molecule has 1 atom stereocenters. The molecule has 2 N–H and O–H groups in total. The first kappa shape index (κ1) is 22.1. The first-order valence-electron chi connectivity index (χ1n) is 11.0. The monoisotopic (exact) mass is 408 g/mol. The van der Waals surface area contributed by atoms with E-state index < -0.39 is 0 Å². The van der Waals surface area contributed by atoms with Crippen molar-refractivity contribution in [2.75, 3.05) is 51.2 Å². The maximum atomic E-state index is 4.75. The minimum atomic E-state index is 0.416. The van der Waals surface area contributed by atoms with Gasteiger partial charge in [-0.15, -0.1) is 0 Å². The Hall–Kier alpha value is -2.60. The topological polar surface area (TPSA) is 55.8 Å². The number of hydrogen-bond acceptors (Lipinski definition) is 4. The van der Waals surface area contributed by atoms with Crippen LogP contribution in [0.3, 0.4) is 0 Å². The number of hydrogen-bond donors (Lipinski definition) is 2. The van der Waals surface area contributed by atoms with Crippen LogP contribution in [0.25, 0.3) is 0 Å². The minimum absolute atomic E-state index is 0.416. The van der Waals surface area contributed by atoms with E-state index in [1.165, 1.54) is 11.1 Å². The zero-order chi connectivity index (χ0) is 21.3. The van der Waals surface area contributed by atoms with E-state index in [1.54, 1.807) is 0 Å². The lowest BCUT2D eigenvalue weighted by Crippen LogP contribution is -2.44. The number of nitrogens with one attached hydrogen (secondary N) is 2. The third-order valence-electron chi connectivity index (χ3n) is 5.62. The number of anilines is 1. The van der Waals surface area contributed by atoms with E-state index in [-0.39, 0.29) is 0 Å². The van der Waals surface area contributed by atoms with Gasteiger partial charge < -0.3 is 20.4 Å². The van der Waals surface area contributed by atoms with Gasteiger partial charge >= 0.3 is 0 Å². The molecule has 1 aromatic carbocycles. The van der Waals surface area contributed by atoms with Crippen molar-refractivity contribution in [3.63, 3.8) is 0 Å². The van der Waals surface area contributed by atoms with Gasteiger partial charge in [-0.25, -0.2) is 9.98 Å². The number of piperazine rings is 1. The van der Waals surface area contributed by atoms with Crippen LogP contribution in [0.15, 0.2) is 47.6 Å². The third-order valence-corrected chi connectivity index (χ3v) is 5.62. The first-order chi connectivity index (χ1) is 14.5. The molecule has 30 heavy (non-hydrogen) atoms. The van der Waals surface area contributed by atoms with Gasteiger partial charge in [-0.3, -0.25) is 0 Å². The Kier molecular flexibility index (Phi) is 8.08. The number of rotatable bonds is 7. The van der Waals surface area contributed by atoms with Crippen LogP contribution in [0, 0.1) is 6.92 Å². The van der Waals surface area contributed by atoms with E-state index in [0.717, 1.165) is 56.6 Å². The summed E-state index contributed by atoms with van der Waals surface area (Å²) < 4.78 is 0. The lowest BCUT2D eigenvalue weighted by Gasteiger charge is -2.33. The van der Waals surface area contributed by atoms with Crippen LogP contribution in [-0.4, -0.2) is 62.2 Å². The van der Waals surface area contributed by atoms with E-state index in [9.17, 15) is 0 Å². The maximum Gasteiger partial charge on any atom is 0.191 e. The molecule has 1 saturated heterocycles. The van der Waals surface area contributed by atoms with Crippen LogP contribution < -0.4 is 15.5 Å². The fraction of sp³-hybridized carbons (Fsp3) is 0.500. The molecular weight excluding hydrogens is 372 g/mol. The number of aryl methyl sites for hydroxylation is 1. The average molecular weight is 409 g/mol. The summed E-state index contributed by atoms with van der Waals surface area (Å²) in [7, 11) is 2.17. The van der Waals surface area contributed by atoms with Crippen molar-refractivity contribution >= 4 is 11.8 Å². The van der Waals surface area contributed by atoms with Crippen LogP contribution in [0.4, 0.5) is 5.82 Å². The number of aromatic nitrogens is 1. The highest BCUT2D eigenvalue weighted by molar-refractivity contribution is 5.79. The van der Waals surface area contributed by atoms with E-state index in [0.29, 0.717) is 12.5 Å². The van der Waals surface area contributed by atoms with Crippen molar-refractivity contribution in [2.24, 2.45) is 4.99 Å². The molecule has 0 amide bonds. The summed E-state index contributed by atoms with van der Waals surface area (Å²) in [6, 6.07) is 13.0. The molecule has 3 rings (SSSR count). The van der Waals surface area contributed by atoms with Crippen molar-refractivity contribution in [2.45, 2.75) is 33.2 Å². The van der Waals surface area contributed by atoms with Crippen LogP contribution in [0.2, 0.25) is 0 Å². The van der Waals surface area contributed by atoms with Gasteiger partial charge in [-0.1, -0.05) is 42.8 Å². The largest absolute Gasteiger partial charge is 0.357 e. The van der Waals surface area contributed by atoms with Crippen LogP contribution in [0.5, 0.6) is 0 Å². The van der Waals surface area contributed by atoms with Crippen molar-refractivity contribution in [3.05, 3.63) is 59.3 Å². The summed E-state index contributed by atoms with van der Waals surface area (Å²) in [5.41, 5.74) is 3.75. The van der Waals surface area contributed by atoms with Crippen molar-refractivity contribution in [1.82, 2.24) is 20.5 Å². The zero-order valence-corrected chi connectivity index (χ0v) is 18.9. The number of aliphatic imine (C=N–C) groups is 1. The average Bonchev–Trinajstić information content (AvgIpc) is 2.77.